The van der Waals surface area contributed by atoms with E-state index in [1.165, 1.54) is 44.6 Å². The van der Waals surface area contributed by atoms with Crippen LogP contribution in [-0.2, 0) is 23.8 Å². The van der Waals surface area contributed by atoms with E-state index < -0.39 is 23.8 Å². The number of amides is 4. The van der Waals surface area contributed by atoms with Crippen molar-refractivity contribution in [3.63, 3.8) is 0 Å². The topological polar surface area (TPSA) is 186 Å². The molecule has 0 aliphatic carbocycles. The molecule has 4 amide bonds. The van der Waals surface area contributed by atoms with Crippen LogP contribution in [0, 0.1) is 11.6 Å². The van der Waals surface area contributed by atoms with Crippen LogP contribution in [0.1, 0.15) is 40.5 Å². The predicted molar refractivity (Wildman–Crippen MR) is 280 cm³/mol. The van der Waals surface area contributed by atoms with Gasteiger partial charge in [-0.3, -0.25) is 19.4 Å². The molecule has 26 heteroatoms. The van der Waals surface area contributed by atoms with Gasteiger partial charge in [0.15, 0.2) is 8.83 Å². The Bertz CT molecular complexity index is 1940. The summed E-state index contributed by atoms with van der Waals surface area (Å²) in [7, 11) is 0. The Hall–Kier alpha value is -2.61. The molecule has 0 bridgehead atoms. The van der Waals surface area contributed by atoms with Crippen molar-refractivity contribution in [2.75, 3.05) is 65.4 Å². The van der Waals surface area contributed by atoms with Crippen LogP contribution >= 0.6 is 115 Å². The molecular formula is C38H48Cl2F2I3N9O8S2. The number of benzene rings is 2. The number of nitrogens with zero attached hydrogens (tertiary/aromatic N) is 8. The van der Waals surface area contributed by atoms with E-state index in [1.54, 1.807) is 47.9 Å². The molecular weight excluding hydrogens is 1260 g/mol. The minimum absolute atomic E-state index is 0.0121. The minimum atomic E-state index is -0.534. The summed E-state index contributed by atoms with van der Waals surface area (Å²) < 4.78 is 45.6. The molecule has 0 unspecified atom stereocenters. The first-order chi connectivity index (χ1) is 30.2. The zero-order valence-electron chi connectivity index (χ0n) is 34.9. The van der Waals surface area contributed by atoms with Crippen LogP contribution in [0.2, 0.25) is 0 Å². The molecule has 17 nitrogen and oxygen atoms in total. The lowest BCUT2D eigenvalue weighted by Crippen LogP contribution is -2.37. The summed E-state index contributed by atoms with van der Waals surface area (Å²) in [5.41, 5.74) is 6.96. The van der Waals surface area contributed by atoms with Crippen LogP contribution in [0.15, 0.2) is 46.6 Å². The summed E-state index contributed by atoms with van der Waals surface area (Å²) in [6, 6.07) is 9.02. The Kier molecular flexibility index (Phi) is 26.9. The normalized spacial score (nSPS) is 17.6. The molecule has 4 heterocycles. The fourth-order valence-corrected chi connectivity index (χ4v) is 5.88. The van der Waals surface area contributed by atoms with Crippen molar-refractivity contribution in [1.29, 1.82) is 0 Å². The van der Waals surface area contributed by atoms with Gasteiger partial charge in [0.05, 0.1) is 55.0 Å². The largest absolute Gasteiger partial charge is 0.484 e. The highest BCUT2D eigenvalue weighted by Crippen LogP contribution is 2.30. The van der Waals surface area contributed by atoms with E-state index in [0.29, 0.717) is 92.7 Å². The Morgan fingerprint density at radius 1 is 0.844 bits per heavy atom. The summed E-state index contributed by atoms with van der Waals surface area (Å²) in [6.07, 6.45) is 3.17. The maximum absolute atomic E-state index is 14.7. The van der Waals surface area contributed by atoms with Gasteiger partial charge in [0.2, 0.25) is 12.8 Å². The fraction of sp³-hybridized carbons (Fsp3) is 0.474. The predicted octanol–water partition coefficient (Wildman–Crippen LogP) is 7.95. The van der Waals surface area contributed by atoms with Gasteiger partial charge in [0, 0.05) is 32.2 Å². The second-order valence-corrected chi connectivity index (χ2v) is 26.9. The molecule has 2 saturated heterocycles. The van der Waals surface area contributed by atoms with Gasteiger partial charge in [-0.1, -0.05) is 103 Å². The van der Waals surface area contributed by atoms with Crippen molar-refractivity contribution in [2.45, 2.75) is 64.9 Å². The van der Waals surface area contributed by atoms with Gasteiger partial charge >= 0.3 is 12.2 Å². The number of carbonyl (C=O) groups is 4. The zero-order chi connectivity index (χ0) is 48.1. The molecule has 0 aromatic heterocycles. The van der Waals surface area contributed by atoms with E-state index in [9.17, 15) is 28.0 Å². The summed E-state index contributed by atoms with van der Waals surface area (Å²) in [6.45, 7) is 9.67. The molecule has 4 aliphatic heterocycles. The third-order valence-corrected chi connectivity index (χ3v) is 8.52. The number of rotatable bonds is 11. The number of halogens is 7. The number of thiocarbonyl (C=S) groups is 2. The summed E-state index contributed by atoms with van der Waals surface area (Å²) in [4.78, 5) is 51.3. The van der Waals surface area contributed by atoms with Gasteiger partial charge in [-0.25, -0.2) is 28.4 Å². The minimum Gasteiger partial charge on any atom is -0.484 e. The van der Waals surface area contributed by atoms with Gasteiger partial charge in [0.1, 0.15) is 36.5 Å². The number of anilines is 4. The van der Waals surface area contributed by atoms with Crippen LogP contribution in [0.4, 0.5) is 41.1 Å². The smallest absolute Gasteiger partial charge is 0.414 e. The first kappa shape index (κ1) is 57.5. The standard InChI is InChI=1S/C19H23FN4O4S.C14H16FN5O3.C3H8O.CCl2S.CHI3/c1-13(2)27-18(29)6-4-15-10-24(19(26)28-15)14-3-5-17(16(20)9-14)22-7-8-23(12-25)21-11-22;15-12-5-10(20-7-11(6-16)23-14(20)22)1-2-13(12)18-3-4-19(9-21)17-8-18;1-3(2)4;2*2-1(3)4/h3,5,9,11-13,15H,4,6-8,10H2,1-2H3;1-2,5,8-9,11H,3-4,6-7,16H2;3-4H,1-2H3;;1H/t15-;11-;;;/m00.../s1. The summed E-state index contributed by atoms with van der Waals surface area (Å²) >= 11 is 25.7. The molecule has 2 aromatic carbocycles. The Labute approximate surface area is 432 Å². The number of alkyl halides is 3. The summed E-state index contributed by atoms with van der Waals surface area (Å²) in [5, 5.41) is 18.8. The van der Waals surface area contributed by atoms with E-state index in [1.807, 2.05) is 13.8 Å². The maximum Gasteiger partial charge on any atom is 0.414 e. The van der Waals surface area contributed by atoms with Crippen LogP contribution in [0.5, 0.6) is 0 Å². The first-order valence-electron chi connectivity index (χ1n) is 19.1. The van der Waals surface area contributed by atoms with Crippen molar-refractivity contribution >= 4 is 185 Å². The lowest BCUT2D eigenvalue weighted by molar-refractivity contribution is -0.118. The Balaban J connectivity index is 0.000000357. The van der Waals surface area contributed by atoms with E-state index in [0.717, 1.165) is -0.0619 Å². The highest BCUT2D eigenvalue weighted by atomic mass is 127. The van der Waals surface area contributed by atoms with Crippen LogP contribution < -0.4 is 25.3 Å². The average Bonchev–Trinajstić information content (AvgIpc) is 3.80. The third kappa shape index (κ3) is 20.9. The quantitative estimate of drug-likeness (QED) is 0.0727. The lowest BCUT2D eigenvalue weighted by Gasteiger charge is -2.27. The second kappa shape index (κ2) is 29.9. The van der Waals surface area contributed by atoms with Crippen LogP contribution in [0.3, 0.4) is 0 Å². The highest BCUT2D eigenvalue weighted by Gasteiger charge is 2.34. The Morgan fingerprint density at radius 2 is 1.23 bits per heavy atom. The van der Waals surface area contributed by atoms with Crippen LogP contribution in [-0.4, -0.2) is 132 Å². The molecule has 2 atom stereocenters. The third-order valence-electron chi connectivity index (χ3n) is 8.22. The molecule has 0 saturated carbocycles. The van der Waals surface area contributed by atoms with E-state index >= 15 is 0 Å². The van der Waals surface area contributed by atoms with Crippen molar-refractivity contribution in [3.05, 3.63) is 48.0 Å². The van der Waals surface area contributed by atoms with Crippen molar-refractivity contribution in [3.8, 4) is 0 Å². The van der Waals surface area contributed by atoms with Gasteiger partial charge in [-0.2, -0.15) is 10.2 Å². The van der Waals surface area contributed by atoms with Gasteiger partial charge in [0.25, 0.3) is 0 Å². The van der Waals surface area contributed by atoms with Gasteiger partial charge in [-0.15, -0.1) is 0 Å². The number of hydrogen-bond acceptors (Lipinski definition) is 15. The number of ether oxygens (including phenoxy) is 3. The highest BCUT2D eigenvalue weighted by molar-refractivity contribution is 14.3. The molecule has 6 rings (SSSR count). The molecule has 3 N–H and O–H groups in total. The number of hydrogen-bond donors (Lipinski definition) is 2. The number of nitrogens with two attached hydrogens (primary N) is 1. The molecule has 64 heavy (non-hydrogen) atoms. The molecule has 0 spiro atoms. The van der Waals surface area contributed by atoms with E-state index in [4.69, 9.17) is 60.5 Å². The average molecular weight is 1310 g/mol. The van der Waals surface area contributed by atoms with Gasteiger partial charge in [-0.05, 0) is 82.7 Å². The van der Waals surface area contributed by atoms with Crippen molar-refractivity contribution < 1.29 is 47.3 Å². The molecule has 2 fully saturated rings. The molecule has 0 radical (unpaired) electrons. The van der Waals surface area contributed by atoms with E-state index in [2.05, 4.69) is 90.2 Å². The SMILES string of the molecule is CC(C)O.CC(C)OC(=S)CC[C@H]1CN(c2ccc(N3C=NN(C=O)CC3)c(F)c2)C(=O)O1.IC(I)I.NC[C@H]1CN(c2ccc(N3C=NN(C=O)CC3)c(F)c2)C(=O)O1.S=C(Cl)Cl. The maximum atomic E-state index is 14.7. The summed E-state index contributed by atoms with van der Waals surface area (Å²) in [5.74, 6) is -0.978. The second-order valence-electron chi connectivity index (χ2n) is 13.8. The van der Waals surface area contributed by atoms with Crippen molar-refractivity contribution in [1.82, 2.24) is 10.0 Å². The number of aliphatic hydroxyl groups excluding tert-OH is 1. The lowest BCUT2D eigenvalue weighted by atomic mass is 10.2. The van der Waals surface area contributed by atoms with Crippen LogP contribution in [0.25, 0.3) is 0 Å². The number of aliphatic hydroxyl groups is 1. The molecule has 2 aromatic rings. The molecule has 354 valence electrons. The van der Waals surface area contributed by atoms with Gasteiger partial charge < -0.3 is 34.9 Å². The molecule has 4 aliphatic rings. The van der Waals surface area contributed by atoms with Crippen molar-refractivity contribution in [2.24, 2.45) is 15.9 Å². The van der Waals surface area contributed by atoms with E-state index in [-0.39, 0.29) is 34.7 Å². The zero-order valence-corrected chi connectivity index (χ0v) is 44.6. The fourth-order valence-electron chi connectivity index (χ4n) is 5.57. The first-order valence-corrected chi connectivity index (χ1v) is 24.5. The number of cyclic esters (lactones) is 2. The monoisotopic (exact) mass is 1310 g/mol. The number of hydrazone groups is 2. The Morgan fingerprint density at radius 3 is 1.55 bits per heavy atom. The number of carbonyl (C=O) groups excluding carboxylic acids is 4.